The first kappa shape index (κ1) is 18.2. The first-order chi connectivity index (χ1) is 12.5. The number of anilines is 1. The van der Waals surface area contributed by atoms with Crippen molar-refractivity contribution < 1.29 is 9.53 Å². The molecule has 3 aromatic rings. The molecule has 1 heterocycles. The van der Waals surface area contributed by atoms with Crippen LogP contribution in [0.2, 0.25) is 0 Å². The van der Waals surface area contributed by atoms with Crippen molar-refractivity contribution in [1.82, 2.24) is 0 Å². The van der Waals surface area contributed by atoms with Crippen molar-refractivity contribution in [3.8, 4) is 5.75 Å². The molecule has 3 rings (SSSR count). The zero-order valence-corrected chi connectivity index (χ0v) is 16.2. The lowest BCUT2D eigenvalue weighted by molar-refractivity contribution is 0.103. The fraction of sp³-hybridized carbons (Fsp3) is 0.227. The Morgan fingerprint density at radius 3 is 2.54 bits per heavy atom. The molecule has 0 spiro atoms. The number of carbonyl (C=O) groups is 1. The Bertz CT molecular complexity index is 897. The molecule has 1 amide bonds. The van der Waals surface area contributed by atoms with Gasteiger partial charge in [0.15, 0.2) is 0 Å². The summed E-state index contributed by atoms with van der Waals surface area (Å²) >= 11 is 1.44. The van der Waals surface area contributed by atoms with Crippen LogP contribution >= 0.6 is 11.3 Å². The van der Waals surface area contributed by atoms with Crippen molar-refractivity contribution in [3.63, 3.8) is 0 Å². The van der Waals surface area contributed by atoms with Crippen molar-refractivity contribution in [2.75, 3.05) is 5.32 Å². The Morgan fingerprint density at radius 2 is 1.81 bits per heavy atom. The maximum absolute atomic E-state index is 12.5. The van der Waals surface area contributed by atoms with Gasteiger partial charge in [-0.25, -0.2) is 0 Å². The summed E-state index contributed by atoms with van der Waals surface area (Å²) in [7, 11) is 0. The molecule has 4 heteroatoms. The molecular formula is C22H23NO2S. The Kier molecular flexibility index (Phi) is 5.74. The van der Waals surface area contributed by atoms with Gasteiger partial charge in [0, 0.05) is 11.3 Å². The first-order valence-corrected chi connectivity index (χ1v) is 9.61. The van der Waals surface area contributed by atoms with Crippen LogP contribution in [-0.4, -0.2) is 5.91 Å². The van der Waals surface area contributed by atoms with Crippen LogP contribution in [0.25, 0.3) is 0 Å². The van der Waals surface area contributed by atoms with Crippen LogP contribution in [0.15, 0.2) is 53.9 Å². The van der Waals surface area contributed by atoms with E-state index in [0.29, 0.717) is 11.5 Å². The Labute approximate surface area is 158 Å². The highest BCUT2D eigenvalue weighted by molar-refractivity contribution is 7.12. The molecule has 0 saturated carbocycles. The zero-order chi connectivity index (χ0) is 18.5. The van der Waals surface area contributed by atoms with Gasteiger partial charge >= 0.3 is 0 Å². The highest BCUT2D eigenvalue weighted by atomic mass is 32.1. The maximum Gasteiger partial charge on any atom is 0.265 e. The van der Waals surface area contributed by atoms with Gasteiger partial charge in [0.05, 0.1) is 4.88 Å². The van der Waals surface area contributed by atoms with E-state index in [4.69, 9.17) is 4.74 Å². The van der Waals surface area contributed by atoms with Gasteiger partial charge < -0.3 is 10.1 Å². The van der Waals surface area contributed by atoms with E-state index in [9.17, 15) is 4.79 Å². The summed E-state index contributed by atoms with van der Waals surface area (Å²) in [6.07, 6.45) is 1.02. The van der Waals surface area contributed by atoms with Crippen LogP contribution in [0.3, 0.4) is 0 Å². The monoisotopic (exact) mass is 365 g/mol. The van der Waals surface area contributed by atoms with Crippen LogP contribution in [0, 0.1) is 13.8 Å². The number of thiophene rings is 1. The summed E-state index contributed by atoms with van der Waals surface area (Å²) in [5.41, 5.74) is 5.33. The van der Waals surface area contributed by atoms with E-state index in [-0.39, 0.29) is 5.91 Å². The second kappa shape index (κ2) is 8.19. The molecule has 0 aliphatic rings. The minimum atomic E-state index is -0.0813. The average Bonchev–Trinajstić information content (AvgIpc) is 3.12. The molecule has 134 valence electrons. The number of ether oxygens (including phenoxy) is 1. The van der Waals surface area contributed by atoms with Crippen LogP contribution in [-0.2, 0) is 13.0 Å². The minimum absolute atomic E-state index is 0.0813. The van der Waals surface area contributed by atoms with E-state index < -0.39 is 0 Å². The quantitative estimate of drug-likeness (QED) is 0.603. The summed E-state index contributed by atoms with van der Waals surface area (Å²) in [4.78, 5) is 13.2. The number of nitrogens with one attached hydrogen (secondary N) is 1. The van der Waals surface area contributed by atoms with Gasteiger partial charge in [0.2, 0.25) is 0 Å². The molecule has 3 nitrogen and oxygen atoms in total. The summed E-state index contributed by atoms with van der Waals surface area (Å²) in [6, 6.07) is 16.1. The van der Waals surface area contributed by atoms with Gasteiger partial charge in [-0.3, -0.25) is 4.79 Å². The molecule has 2 aromatic carbocycles. The van der Waals surface area contributed by atoms with Gasteiger partial charge in [0.1, 0.15) is 12.4 Å². The molecule has 0 bridgehead atoms. The topological polar surface area (TPSA) is 38.3 Å². The molecule has 1 N–H and O–H groups in total. The number of rotatable bonds is 6. The standard InChI is InChI=1S/C22H23NO2S/c1-4-17-7-9-19(10-8-17)25-13-18-12-21(26-14-18)22(24)23-20-11-15(2)5-6-16(20)3/h5-12,14H,4,13H2,1-3H3,(H,23,24). The lowest BCUT2D eigenvalue weighted by atomic mass is 10.1. The summed E-state index contributed by atoms with van der Waals surface area (Å²) in [5, 5.41) is 4.97. The Balaban J connectivity index is 1.61. The fourth-order valence-electron chi connectivity index (χ4n) is 2.61. The maximum atomic E-state index is 12.5. The van der Waals surface area contributed by atoms with E-state index in [1.807, 2.05) is 55.6 Å². The second-order valence-corrected chi connectivity index (χ2v) is 7.29. The molecule has 0 atom stereocenters. The predicted octanol–water partition coefficient (Wildman–Crippen LogP) is 5.76. The van der Waals surface area contributed by atoms with E-state index in [0.717, 1.165) is 34.5 Å². The van der Waals surface area contributed by atoms with Crippen LogP contribution in [0.5, 0.6) is 5.75 Å². The molecule has 0 radical (unpaired) electrons. The normalized spacial score (nSPS) is 10.6. The highest BCUT2D eigenvalue weighted by Gasteiger charge is 2.11. The van der Waals surface area contributed by atoms with Crippen molar-refractivity contribution in [1.29, 1.82) is 0 Å². The molecular weight excluding hydrogens is 342 g/mol. The SMILES string of the molecule is CCc1ccc(OCc2csc(C(=O)Nc3cc(C)ccc3C)c2)cc1. The molecule has 26 heavy (non-hydrogen) atoms. The summed E-state index contributed by atoms with van der Waals surface area (Å²) in [6.45, 7) is 6.60. The van der Waals surface area contributed by atoms with Crippen LogP contribution in [0.4, 0.5) is 5.69 Å². The molecule has 0 unspecified atom stereocenters. The third-order valence-electron chi connectivity index (χ3n) is 4.26. The molecule has 0 fully saturated rings. The number of benzene rings is 2. The average molecular weight is 365 g/mol. The molecule has 0 aliphatic carbocycles. The molecule has 0 aliphatic heterocycles. The molecule has 0 saturated heterocycles. The lowest BCUT2D eigenvalue weighted by Gasteiger charge is -2.08. The predicted molar refractivity (Wildman–Crippen MR) is 108 cm³/mol. The van der Waals surface area contributed by atoms with Gasteiger partial charge in [-0.05, 0) is 66.6 Å². The van der Waals surface area contributed by atoms with Crippen molar-refractivity contribution in [2.24, 2.45) is 0 Å². The van der Waals surface area contributed by atoms with E-state index in [1.54, 1.807) is 0 Å². The largest absolute Gasteiger partial charge is 0.489 e. The number of hydrogen-bond donors (Lipinski definition) is 1. The Hall–Kier alpha value is -2.59. The van der Waals surface area contributed by atoms with Crippen molar-refractivity contribution >= 4 is 22.9 Å². The van der Waals surface area contributed by atoms with E-state index in [2.05, 4.69) is 24.4 Å². The smallest absolute Gasteiger partial charge is 0.265 e. The number of amides is 1. The third-order valence-corrected chi connectivity index (χ3v) is 5.23. The number of hydrogen-bond acceptors (Lipinski definition) is 3. The fourth-order valence-corrected chi connectivity index (χ4v) is 3.40. The molecule has 1 aromatic heterocycles. The number of carbonyl (C=O) groups excluding carboxylic acids is 1. The zero-order valence-electron chi connectivity index (χ0n) is 15.3. The summed E-state index contributed by atoms with van der Waals surface area (Å²) in [5.74, 6) is 0.761. The number of aryl methyl sites for hydroxylation is 3. The van der Waals surface area contributed by atoms with Gasteiger partial charge in [-0.15, -0.1) is 11.3 Å². The third kappa shape index (κ3) is 4.52. The van der Waals surface area contributed by atoms with Crippen molar-refractivity contribution in [3.05, 3.63) is 81.0 Å². The van der Waals surface area contributed by atoms with E-state index >= 15 is 0 Å². The Morgan fingerprint density at radius 1 is 1.04 bits per heavy atom. The first-order valence-electron chi connectivity index (χ1n) is 8.73. The lowest BCUT2D eigenvalue weighted by Crippen LogP contribution is -2.11. The summed E-state index contributed by atoms with van der Waals surface area (Å²) < 4.78 is 5.81. The minimum Gasteiger partial charge on any atom is -0.489 e. The van der Waals surface area contributed by atoms with E-state index in [1.165, 1.54) is 16.9 Å². The van der Waals surface area contributed by atoms with Gasteiger partial charge in [0.25, 0.3) is 5.91 Å². The van der Waals surface area contributed by atoms with Gasteiger partial charge in [-0.2, -0.15) is 0 Å². The van der Waals surface area contributed by atoms with Gasteiger partial charge in [-0.1, -0.05) is 31.2 Å². The second-order valence-electron chi connectivity index (χ2n) is 6.38. The van der Waals surface area contributed by atoms with Crippen molar-refractivity contribution in [2.45, 2.75) is 33.8 Å². The van der Waals surface area contributed by atoms with Crippen LogP contribution < -0.4 is 10.1 Å². The highest BCUT2D eigenvalue weighted by Crippen LogP contribution is 2.22. The van der Waals surface area contributed by atoms with Crippen LogP contribution in [0.1, 0.15) is 38.8 Å².